The standard InChI is InChI=1S/C11H18O3/c1-7-8-4-5-10(12-2)6-11(13-3,14-7)9(8)10/h7-9H,4-6H2,1-3H3. The highest BCUT2D eigenvalue weighted by atomic mass is 16.7. The summed E-state index contributed by atoms with van der Waals surface area (Å²) < 4.78 is 17.2. The van der Waals surface area contributed by atoms with Crippen molar-refractivity contribution in [1.82, 2.24) is 0 Å². The average Bonchev–Trinajstić information content (AvgIpc) is 2.58. The van der Waals surface area contributed by atoms with Crippen molar-refractivity contribution >= 4 is 0 Å². The Kier molecular flexibility index (Phi) is 1.64. The van der Waals surface area contributed by atoms with Crippen LogP contribution in [0.5, 0.6) is 0 Å². The van der Waals surface area contributed by atoms with Crippen molar-refractivity contribution in [3.63, 3.8) is 0 Å². The third-order valence-corrected chi connectivity index (χ3v) is 4.66. The molecule has 0 radical (unpaired) electrons. The van der Waals surface area contributed by atoms with Gasteiger partial charge in [-0.2, -0.15) is 0 Å². The predicted octanol–water partition coefficient (Wildman–Crippen LogP) is 1.56. The fourth-order valence-corrected chi connectivity index (χ4v) is 4.02. The number of ether oxygens (including phenoxy) is 3. The normalized spacial score (nSPS) is 59.8. The molecule has 1 heterocycles. The largest absolute Gasteiger partial charge is 0.378 e. The van der Waals surface area contributed by atoms with Crippen LogP contribution in [0.1, 0.15) is 26.2 Å². The van der Waals surface area contributed by atoms with Gasteiger partial charge in [0.25, 0.3) is 0 Å². The van der Waals surface area contributed by atoms with Crippen LogP contribution in [0.25, 0.3) is 0 Å². The third kappa shape index (κ3) is 0.765. The highest BCUT2D eigenvalue weighted by molar-refractivity contribution is 5.20. The second-order valence-electron chi connectivity index (χ2n) is 4.96. The second-order valence-corrected chi connectivity index (χ2v) is 4.96. The molecule has 3 rings (SSSR count). The maximum absolute atomic E-state index is 5.96. The molecule has 0 aromatic heterocycles. The summed E-state index contributed by atoms with van der Waals surface area (Å²) in [4.78, 5) is 0. The van der Waals surface area contributed by atoms with Crippen molar-refractivity contribution in [2.24, 2.45) is 11.8 Å². The average molecular weight is 198 g/mol. The highest BCUT2D eigenvalue weighted by Crippen LogP contribution is 2.67. The Balaban J connectivity index is 1.96. The summed E-state index contributed by atoms with van der Waals surface area (Å²) in [5.74, 6) is 0.806. The van der Waals surface area contributed by atoms with Gasteiger partial charge in [0.2, 0.25) is 0 Å². The SMILES string of the molecule is COC12CCC3C(C)OC(OC)(C1)C32. The number of hydrogen-bond donors (Lipinski definition) is 0. The second kappa shape index (κ2) is 2.52. The van der Waals surface area contributed by atoms with Crippen LogP contribution in [-0.2, 0) is 14.2 Å². The quantitative estimate of drug-likeness (QED) is 0.674. The first kappa shape index (κ1) is 9.13. The van der Waals surface area contributed by atoms with Gasteiger partial charge in [-0.15, -0.1) is 0 Å². The molecule has 0 bridgehead atoms. The molecule has 0 spiro atoms. The molecule has 1 saturated heterocycles. The first-order valence-corrected chi connectivity index (χ1v) is 5.45. The zero-order valence-corrected chi connectivity index (χ0v) is 9.08. The van der Waals surface area contributed by atoms with Crippen LogP contribution in [0.4, 0.5) is 0 Å². The molecule has 3 aliphatic rings. The lowest BCUT2D eigenvalue weighted by atomic mass is 9.64. The van der Waals surface area contributed by atoms with Crippen LogP contribution in [0, 0.1) is 11.8 Å². The number of rotatable bonds is 2. The lowest BCUT2D eigenvalue weighted by molar-refractivity contribution is -0.337. The minimum Gasteiger partial charge on any atom is -0.378 e. The first-order chi connectivity index (χ1) is 6.67. The molecule has 0 aromatic rings. The van der Waals surface area contributed by atoms with E-state index < -0.39 is 0 Å². The van der Waals surface area contributed by atoms with Gasteiger partial charge in [0.05, 0.1) is 11.7 Å². The lowest BCUT2D eigenvalue weighted by Crippen LogP contribution is -2.64. The van der Waals surface area contributed by atoms with E-state index in [4.69, 9.17) is 14.2 Å². The van der Waals surface area contributed by atoms with Crippen molar-refractivity contribution in [3.05, 3.63) is 0 Å². The van der Waals surface area contributed by atoms with Gasteiger partial charge in [0.15, 0.2) is 5.79 Å². The van der Waals surface area contributed by atoms with Gasteiger partial charge in [0.1, 0.15) is 0 Å². The Bertz CT molecular complexity index is 267. The lowest BCUT2D eigenvalue weighted by Gasteiger charge is -2.54. The molecule has 3 heteroatoms. The summed E-state index contributed by atoms with van der Waals surface area (Å²) in [6.45, 7) is 2.16. The topological polar surface area (TPSA) is 27.7 Å². The molecule has 5 atom stereocenters. The van der Waals surface area contributed by atoms with Crippen molar-refractivity contribution in [1.29, 1.82) is 0 Å². The molecular weight excluding hydrogens is 180 g/mol. The molecule has 2 aliphatic carbocycles. The minimum atomic E-state index is -0.309. The maximum Gasteiger partial charge on any atom is 0.176 e. The zero-order chi connectivity index (χ0) is 9.97. The van der Waals surface area contributed by atoms with Crippen molar-refractivity contribution in [2.75, 3.05) is 14.2 Å². The number of methoxy groups -OCH3 is 2. The molecule has 0 N–H and O–H groups in total. The molecule has 0 amide bonds. The smallest absolute Gasteiger partial charge is 0.176 e. The third-order valence-electron chi connectivity index (χ3n) is 4.66. The summed E-state index contributed by atoms with van der Waals surface area (Å²) in [5, 5.41) is 0. The van der Waals surface area contributed by atoms with Crippen LogP contribution in [-0.4, -0.2) is 31.7 Å². The molecule has 80 valence electrons. The molecule has 0 aromatic carbocycles. The Labute approximate surface area is 84.7 Å². The summed E-state index contributed by atoms with van der Waals surface area (Å²) in [6.07, 6.45) is 3.65. The molecule has 2 saturated carbocycles. The summed E-state index contributed by atoms with van der Waals surface area (Å²) in [7, 11) is 3.58. The van der Waals surface area contributed by atoms with E-state index in [9.17, 15) is 0 Å². The Hall–Kier alpha value is -0.120. The fourth-order valence-electron chi connectivity index (χ4n) is 4.02. The van der Waals surface area contributed by atoms with E-state index in [0.29, 0.717) is 17.9 Å². The van der Waals surface area contributed by atoms with E-state index in [-0.39, 0.29) is 11.4 Å². The number of hydrogen-bond acceptors (Lipinski definition) is 3. The molecule has 5 unspecified atom stereocenters. The molecule has 1 aliphatic heterocycles. The monoisotopic (exact) mass is 198 g/mol. The summed E-state index contributed by atoms with van der Waals surface area (Å²) in [6, 6.07) is 0. The van der Waals surface area contributed by atoms with Gasteiger partial charge in [-0.3, -0.25) is 0 Å². The Morgan fingerprint density at radius 2 is 2.07 bits per heavy atom. The van der Waals surface area contributed by atoms with E-state index in [0.717, 1.165) is 6.42 Å². The maximum atomic E-state index is 5.96. The van der Waals surface area contributed by atoms with E-state index >= 15 is 0 Å². The summed E-state index contributed by atoms with van der Waals surface area (Å²) in [5.41, 5.74) is 0.0748. The van der Waals surface area contributed by atoms with Crippen LogP contribution < -0.4 is 0 Å². The Morgan fingerprint density at radius 3 is 2.71 bits per heavy atom. The molecule has 3 fully saturated rings. The highest BCUT2D eigenvalue weighted by Gasteiger charge is 2.75. The van der Waals surface area contributed by atoms with E-state index in [2.05, 4.69) is 6.92 Å². The first-order valence-electron chi connectivity index (χ1n) is 5.45. The van der Waals surface area contributed by atoms with Crippen molar-refractivity contribution in [2.45, 2.75) is 43.7 Å². The van der Waals surface area contributed by atoms with Crippen molar-refractivity contribution < 1.29 is 14.2 Å². The van der Waals surface area contributed by atoms with Crippen LogP contribution in [0.2, 0.25) is 0 Å². The van der Waals surface area contributed by atoms with E-state index in [1.807, 2.05) is 7.11 Å². The molecular formula is C11H18O3. The van der Waals surface area contributed by atoms with Gasteiger partial charge < -0.3 is 14.2 Å². The van der Waals surface area contributed by atoms with E-state index in [1.54, 1.807) is 7.11 Å². The fraction of sp³-hybridized carbons (Fsp3) is 1.00. The minimum absolute atomic E-state index is 0.0748. The zero-order valence-electron chi connectivity index (χ0n) is 9.08. The van der Waals surface area contributed by atoms with E-state index in [1.165, 1.54) is 12.8 Å². The van der Waals surface area contributed by atoms with Gasteiger partial charge in [-0.25, -0.2) is 0 Å². The van der Waals surface area contributed by atoms with Crippen molar-refractivity contribution in [3.8, 4) is 0 Å². The van der Waals surface area contributed by atoms with Crippen LogP contribution in [0.15, 0.2) is 0 Å². The summed E-state index contributed by atoms with van der Waals surface area (Å²) >= 11 is 0. The Morgan fingerprint density at radius 1 is 1.29 bits per heavy atom. The molecule has 3 nitrogen and oxygen atoms in total. The van der Waals surface area contributed by atoms with Gasteiger partial charge in [0, 0.05) is 26.6 Å². The van der Waals surface area contributed by atoms with Crippen LogP contribution in [0.3, 0.4) is 0 Å². The van der Waals surface area contributed by atoms with Gasteiger partial charge in [-0.05, 0) is 25.7 Å². The van der Waals surface area contributed by atoms with Gasteiger partial charge >= 0.3 is 0 Å². The van der Waals surface area contributed by atoms with Gasteiger partial charge in [-0.1, -0.05) is 0 Å². The van der Waals surface area contributed by atoms with Crippen LogP contribution >= 0.6 is 0 Å². The predicted molar refractivity (Wildman–Crippen MR) is 50.9 cm³/mol. The molecule has 14 heavy (non-hydrogen) atoms.